The fraction of sp³-hybridized carbons (Fsp3) is 0.389. The highest BCUT2D eigenvalue weighted by Crippen LogP contribution is 2.21. The Morgan fingerprint density at radius 3 is 2.80 bits per heavy atom. The van der Waals surface area contributed by atoms with E-state index >= 15 is 0 Å². The molecule has 1 aromatic heterocycles. The Hall–Kier alpha value is -2.83. The van der Waals surface area contributed by atoms with E-state index < -0.39 is 0 Å². The Bertz CT molecular complexity index is 773. The van der Waals surface area contributed by atoms with Crippen LogP contribution in [0.15, 0.2) is 36.5 Å². The second-order valence-electron chi connectivity index (χ2n) is 6.67. The van der Waals surface area contributed by atoms with Crippen LogP contribution in [0.4, 0.5) is 10.5 Å². The summed E-state index contributed by atoms with van der Waals surface area (Å²) in [6, 6.07) is 9.28. The van der Waals surface area contributed by atoms with E-state index in [1.54, 1.807) is 4.90 Å². The molecule has 2 aliphatic rings. The zero-order valence-electron chi connectivity index (χ0n) is 13.9. The highest BCUT2D eigenvalue weighted by Gasteiger charge is 2.32. The summed E-state index contributed by atoms with van der Waals surface area (Å²) < 4.78 is 0. The predicted molar refractivity (Wildman–Crippen MR) is 93.3 cm³/mol. The third-order valence-electron chi connectivity index (χ3n) is 4.88. The van der Waals surface area contributed by atoms with Gasteiger partial charge in [-0.1, -0.05) is 18.2 Å². The number of carbonyl (C=O) groups excluding carboxylic acids is 2. The number of aromatic amines is 1. The molecule has 7 heteroatoms. The number of H-pyrrole nitrogens is 1. The molecule has 1 saturated heterocycles. The van der Waals surface area contributed by atoms with E-state index in [-0.39, 0.29) is 24.0 Å². The number of nitrogens with zero attached hydrogens (tertiary/aromatic N) is 2. The van der Waals surface area contributed by atoms with Crippen molar-refractivity contribution >= 4 is 17.6 Å². The highest BCUT2D eigenvalue weighted by molar-refractivity contribution is 5.96. The van der Waals surface area contributed by atoms with Crippen LogP contribution in [0.5, 0.6) is 0 Å². The molecule has 3 N–H and O–H groups in total. The molecule has 0 radical (unpaired) electrons. The van der Waals surface area contributed by atoms with Gasteiger partial charge < -0.3 is 15.5 Å². The lowest BCUT2D eigenvalue weighted by molar-refractivity contribution is -0.117. The maximum atomic E-state index is 12.3. The number of nitrogens with one attached hydrogen (secondary N) is 3. The monoisotopic (exact) mass is 339 g/mol. The van der Waals surface area contributed by atoms with Crippen LogP contribution in [0.1, 0.15) is 24.1 Å². The largest absolute Gasteiger partial charge is 0.335 e. The van der Waals surface area contributed by atoms with E-state index in [0.29, 0.717) is 13.0 Å². The SMILES string of the molecule is O=C(N[C@@H]1CC(=O)N(c2ccccc2)C1)N[C@H]1CCc2[nH]ncc2C1. The van der Waals surface area contributed by atoms with Gasteiger partial charge in [-0.05, 0) is 37.0 Å². The molecule has 0 saturated carbocycles. The summed E-state index contributed by atoms with van der Waals surface area (Å²) in [5.41, 5.74) is 3.21. The molecule has 0 bridgehead atoms. The molecule has 2 heterocycles. The molecule has 3 amide bonds. The molecule has 1 fully saturated rings. The second-order valence-corrected chi connectivity index (χ2v) is 6.67. The topological polar surface area (TPSA) is 90.1 Å². The molecule has 130 valence electrons. The van der Waals surface area contributed by atoms with Crippen molar-refractivity contribution < 1.29 is 9.59 Å². The summed E-state index contributed by atoms with van der Waals surface area (Å²) in [6.45, 7) is 0.507. The van der Waals surface area contributed by atoms with Crippen molar-refractivity contribution in [2.75, 3.05) is 11.4 Å². The van der Waals surface area contributed by atoms with Crippen molar-refractivity contribution in [3.05, 3.63) is 47.8 Å². The Morgan fingerprint density at radius 2 is 1.96 bits per heavy atom. The van der Waals surface area contributed by atoms with Gasteiger partial charge in [0.25, 0.3) is 0 Å². The minimum absolute atomic E-state index is 0.0391. The van der Waals surface area contributed by atoms with E-state index in [9.17, 15) is 9.59 Å². The molecule has 1 aromatic carbocycles. The fourth-order valence-electron chi connectivity index (χ4n) is 3.61. The van der Waals surface area contributed by atoms with Crippen LogP contribution >= 0.6 is 0 Å². The van der Waals surface area contributed by atoms with Gasteiger partial charge in [-0.2, -0.15) is 5.10 Å². The predicted octanol–water partition coefficient (Wildman–Crippen LogP) is 1.37. The quantitative estimate of drug-likeness (QED) is 0.789. The van der Waals surface area contributed by atoms with Gasteiger partial charge in [0.15, 0.2) is 0 Å². The van der Waals surface area contributed by atoms with Crippen LogP contribution in [0.3, 0.4) is 0 Å². The average molecular weight is 339 g/mol. The molecule has 0 spiro atoms. The van der Waals surface area contributed by atoms with Crippen molar-refractivity contribution in [1.29, 1.82) is 0 Å². The first kappa shape index (κ1) is 15.7. The Labute approximate surface area is 145 Å². The number of hydrogen-bond acceptors (Lipinski definition) is 3. The van der Waals surface area contributed by atoms with Gasteiger partial charge in [0.05, 0.1) is 12.2 Å². The Kier molecular flexibility index (Phi) is 4.13. The standard InChI is InChI=1S/C18H21N5O2/c24-17-9-14(11-23(17)15-4-2-1-3-5-15)21-18(25)20-13-6-7-16-12(8-13)10-19-22-16/h1-5,10,13-14H,6-9,11H2,(H,19,22)(H2,20,21,25)/t13-,14+/m0/s1. The molecule has 2 aromatic rings. The summed E-state index contributed by atoms with van der Waals surface area (Å²) in [5.74, 6) is 0.0391. The van der Waals surface area contributed by atoms with E-state index in [1.165, 1.54) is 11.3 Å². The van der Waals surface area contributed by atoms with Gasteiger partial charge in [-0.25, -0.2) is 4.79 Å². The number of hydrogen-bond donors (Lipinski definition) is 3. The minimum atomic E-state index is -0.204. The zero-order chi connectivity index (χ0) is 17.2. The van der Waals surface area contributed by atoms with Gasteiger partial charge in [0, 0.05) is 30.4 Å². The zero-order valence-corrected chi connectivity index (χ0v) is 13.9. The van der Waals surface area contributed by atoms with Gasteiger partial charge in [0.1, 0.15) is 0 Å². The van der Waals surface area contributed by atoms with Crippen LogP contribution in [-0.2, 0) is 17.6 Å². The number of aryl methyl sites for hydroxylation is 1. The maximum absolute atomic E-state index is 12.3. The summed E-state index contributed by atoms with van der Waals surface area (Å²) in [6.07, 6.45) is 4.73. The second kappa shape index (κ2) is 6.58. The van der Waals surface area contributed by atoms with Gasteiger partial charge in [0.2, 0.25) is 5.91 Å². The van der Waals surface area contributed by atoms with Crippen molar-refractivity contribution in [2.24, 2.45) is 0 Å². The number of anilines is 1. The summed E-state index contributed by atoms with van der Waals surface area (Å²) >= 11 is 0. The molecular weight excluding hydrogens is 318 g/mol. The lowest BCUT2D eigenvalue weighted by Gasteiger charge is -2.24. The Balaban J connectivity index is 1.31. The molecule has 0 unspecified atom stereocenters. The Morgan fingerprint density at radius 1 is 1.16 bits per heavy atom. The first-order chi connectivity index (χ1) is 12.2. The lowest BCUT2D eigenvalue weighted by atomic mass is 9.94. The van der Waals surface area contributed by atoms with Crippen LogP contribution in [0.25, 0.3) is 0 Å². The van der Waals surface area contributed by atoms with E-state index in [1.807, 2.05) is 36.5 Å². The maximum Gasteiger partial charge on any atom is 0.315 e. The number of rotatable bonds is 3. The number of para-hydroxylation sites is 1. The number of aromatic nitrogens is 2. The molecule has 4 rings (SSSR count). The van der Waals surface area contributed by atoms with E-state index in [2.05, 4.69) is 20.8 Å². The normalized spacial score (nSPS) is 22.6. The van der Waals surface area contributed by atoms with Crippen LogP contribution in [-0.4, -0.2) is 40.8 Å². The van der Waals surface area contributed by atoms with Crippen LogP contribution in [0, 0.1) is 0 Å². The summed E-state index contributed by atoms with van der Waals surface area (Å²) in [4.78, 5) is 26.2. The number of amides is 3. The van der Waals surface area contributed by atoms with Crippen molar-refractivity contribution in [1.82, 2.24) is 20.8 Å². The average Bonchev–Trinajstić information content (AvgIpc) is 3.21. The molecule has 2 atom stereocenters. The number of carbonyl (C=O) groups is 2. The highest BCUT2D eigenvalue weighted by atomic mass is 16.2. The lowest BCUT2D eigenvalue weighted by Crippen LogP contribution is -2.48. The van der Waals surface area contributed by atoms with Crippen molar-refractivity contribution in [3.8, 4) is 0 Å². The molecule has 25 heavy (non-hydrogen) atoms. The molecule has 1 aliphatic heterocycles. The third-order valence-corrected chi connectivity index (χ3v) is 4.88. The number of fused-ring (bicyclic) bond motifs is 1. The van der Waals surface area contributed by atoms with Crippen molar-refractivity contribution in [3.63, 3.8) is 0 Å². The van der Waals surface area contributed by atoms with Gasteiger partial charge in [-0.3, -0.25) is 9.89 Å². The number of benzene rings is 1. The number of urea groups is 1. The summed E-state index contributed by atoms with van der Waals surface area (Å²) in [5, 5.41) is 13.0. The van der Waals surface area contributed by atoms with Crippen LogP contribution < -0.4 is 15.5 Å². The van der Waals surface area contributed by atoms with E-state index in [0.717, 1.165) is 24.9 Å². The smallest absolute Gasteiger partial charge is 0.315 e. The first-order valence-electron chi connectivity index (χ1n) is 8.62. The molecule has 7 nitrogen and oxygen atoms in total. The van der Waals surface area contributed by atoms with Gasteiger partial charge in [-0.15, -0.1) is 0 Å². The molecular formula is C18H21N5O2. The summed E-state index contributed by atoms with van der Waals surface area (Å²) in [7, 11) is 0. The van der Waals surface area contributed by atoms with Crippen molar-refractivity contribution in [2.45, 2.75) is 37.8 Å². The first-order valence-corrected chi connectivity index (χ1v) is 8.62. The van der Waals surface area contributed by atoms with Crippen LogP contribution in [0.2, 0.25) is 0 Å². The van der Waals surface area contributed by atoms with E-state index in [4.69, 9.17) is 0 Å². The third kappa shape index (κ3) is 3.35. The minimum Gasteiger partial charge on any atom is -0.335 e. The fourth-order valence-corrected chi connectivity index (χ4v) is 3.61. The molecule has 1 aliphatic carbocycles. The van der Waals surface area contributed by atoms with Gasteiger partial charge >= 0.3 is 6.03 Å².